The minimum Gasteiger partial charge on any atom is -0.478 e. The van der Waals surface area contributed by atoms with E-state index in [0.717, 1.165) is 18.5 Å². The number of rotatable bonds is 3. The number of carboxylic acids is 1. The topological polar surface area (TPSA) is 55.1 Å². The number of nitrogens with zero attached hydrogens (tertiary/aromatic N) is 2. The molecule has 76 valence electrons. The molecule has 1 fully saturated rings. The molecule has 0 aromatic carbocycles. The van der Waals surface area contributed by atoms with Crippen molar-refractivity contribution >= 4 is 5.97 Å². The Labute approximate surface area is 82.5 Å². The maximum atomic E-state index is 10.9. The van der Waals surface area contributed by atoms with Crippen molar-refractivity contribution in [2.45, 2.75) is 38.6 Å². The highest BCUT2D eigenvalue weighted by Crippen LogP contribution is 2.40. The van der Waals surface area contributed by atoms with Gasteiger partial charge in [0.25, 0.3) is 0 Å². The SMILES string of the molecule is CC(C)n1cc(C(=O)O)c(C2CC2)n1. The van der Waals surface area contributed by atoms with E-state index in [0.29, 0.717) is 11.5 Å². The molecule has 0 bridgehead atoms. The molecular weight excluding hydrogens is 180 g/mol. The summed E-state index contributed by atoms with van der Waals surface area (Å²) in [5.74, 6) is -0.472. The van der Waals surface area contributed by atoms with Crippen LogP contribution in [0.25, 0.3) is 0 Å². The van der Waals surface area contributed by atoms with Crippen molar-refractivity contribution in [1.29, 1.82) is 0 Å². The van der Waals surface area contributed by atoms with Crippen LogP contribution in [0.2, 0.25) is 0 Å². The summed E-state index contributed by atoms with van der Waals surface area (Å²) in [5, 5.41) is 13.3. The van der Waals surface area contributed by atoms with Crippen molar-refractivity contribution in [2.24, 2.45) is 0 Å². The Balaban J connectivity index is 2.40. The lowest BCUT2D eigenvalue weighted by Crippen LogP contribution is -2.01. The van der Waals surface area contributed by atoms with Crippen LogP contribution < -0.4 is 0 Å². The average molecular weight is 194 g/mol. The summed E-state index contributed by atoms with van der Waals surface area (Å²) < 4.78 is 1.73. The predicted octanol–water partition coefficient (Wildman–Crippen LogP) is 2.04. The fraction of sp³-hybridized carbons (Fsp3) is 0.600. The summed E-state index contributed by atoms with van der Waals surface area (Å²) in [6.45, 7) is 3.99. The standard InChI is InChI=1S/C10H14N2O2/c1-6(2)12-5-8(10(13)14)9(11-12)7-3-4-7/h5-7H,3-4H2,1-2H3,(H,13,14). The van der Waals surface area contributed by atoms with Gasteiger partial charge in [-0.2, -0.15) is 5.10 Å². The molecule has 0 aliphatic heterocycles. The Hall–Kier alpha value is -1.32. The summed E-state index contributed by atoms with van der Waals surface area (Å²) in [6, 6.07) is 0.223. The quantitative estimate of drug-likeness (QED) is 0.801. The van der Waals surface area contributed by atoms with E-state index in [1.807, 2.05) is 13.8 Å². The van der Waals surface area contributed by atoms with Crippen molar-refractivity contribution in [3.8, 4) is 0 Å². The maximum Gasteiger partial charge on any atom is 0.339 e. The monoisotopic (exact) mass is 194 g/mol. The van der Waals surface area contributed by atoms with Gasteiger partial charge < -0.3 is 5.11 Å². The van der Waals surface area contributed by atoms with E-state index in [9.17, 15) is 4.79 Å². The molecule has 1 N–H and O–H groups in total. The van der Waals surface area contributed by atoms with Gasteiger partial charge in [-0.1, -0.05) is 0 Å². The van der Waals surface area contributed by atoms with E-state index < -0.39 is 5.97 Å². The largest absolute Gasteiger partial charge is 0.478 e. The van der Waals surface area contributed by atoms with Crippen molar-refractivity contribution in [3.05, 3.63) is 17.5 Å². The molecule has 1 aliphatic rings. The van der Waals surface area contributed by atoms with Crippen LogP contribution in [0.1, 0.15) is 54.7 Å². The summed E-state index contributed by atoms with van der Waals surface area (Å²) in [4.78, 5) is 10.9. The van der Waals surface area contributed by atoms with Crippen LogP contribution in [0, 0.1) is 0 Å². The van der Waals surface area contributed by atoms with Gasteiger partial charge in [0.2, 0.25) is 0 Å². The van der Waals surface area contributed by atoms with Gasteiger partial charge in [-0.25, -0.2) is 4.79 Å². The molecule has 4 heteroatoms. The first-order valence-corrected chi connectivity index (χ1v) is 4.92. The third-order valence-corrected chi connectivity index (χ3v) is 2.48. The lowest BCUT2D eigenvalue weighted by molar-refractivity contribution is 0.0695. The molecule has 2 rings (SSSR count). The van der Waals surface area contributed by atoms with Crippen LogP contribution in [-0.2, 0) is 0 Å². The minimum atomic E-state index is -0.862. The van der Waals surface area contributed by atoms with Crippen LogP contribution >= 0.6 is 0 Å². The lowest BCUT2D eigenvalue weighted by atomic mass is 10.2. The second-order valence-electron chi connectivity index (χ2n) is 4.08. The third kappa shape index (κ3) is 1.52. The normalized spacial score (nSPS) is 16.2. The Morgan fingerprint density at radius 2 is 2.29 bits per heavy atom. The molecule has 1 heterocycles. The van der Waals surface area contributed by atoms with E-state index in [1.54, 1.807) is 10.9 Å². The van der Waals surface area contributed by atoms with E-state index in [4.69, 9.17) is 5.11 Å². The van der Waals surface area contributed by atoms with Gasteiger partial charge >= 0.3 is 5.97 Å². The van der Waals surface area contributed by atoms with Crippen molar-refractivity contribution < 1.29 is 9.90 Å². The van der Waals surface area contributed by atoms with Gasteiger partial charge in [0, 0.05) is 18.2 Å². The Morgan fingerprint density at radius 1 is 1.64 bits per heavy atom. The summed E-state index contributed by atoms with van der Waals surface area (Å²) >= 11 is 0. The number of aromatic nitrogens is 2. The third-order valence-electron chi connectivity index (χ3n) is 2.48. The molecule has 1 aliphatic carbocycles. The minimum absolute atomic E-state index is 0.223. The fourth-order valence-electron chi connectivity index (χ4n) is 1.49. The van der Waals surface area contributed by atoms with E-state index in [2.05, 4.69) is 5.10 Å². The Kier molecular flexibility index (Phi) is 2.06. The van der Waals surface area contributed by atoms with Crippen LogP contribution in [0.15, 0.2) is 6.20 Å². The number of carboxylic acid groups (broad SMARTS) is 1. The van der Waals surface area contributed by atoms with Gasteiger partial charge in [0.15, 0.2) is 0 Å². The molecule has 1 saturated carbocycles. The summed E-state index contributed by atoms with van der Waals surface area (Å²) in [6.07, 6.45) is 3.80. The number of hydrogen-bond donors (Lipinski definition) is 1. The van der Waals surface area contributed by atoms with Crippen molar-refractivity contribution in [2.75, 3.05) is 0 Å². The first-order chi connectivity index (χ1) is 6.59. The average Bonchev–Trinajstić information content (AvgIpc) is 2.83. The molecule has 0 amide bonds. The number of hydrogen-bond acceptors (Lipinski definition) is 2. The highest BCUT2D eigenvalue weighted by Gasteiger charge is 2.31. The zero-order valence-corrected chi connectivity index (χ0v) is 8.40. The molecule has 1 aromatic heterocycles. The van der Waals surface area contributed by atoms with Gasteiger partial charge in [0.1, 0.15) is 5.56 Å². The molecule has 4 nitrogen and oxygen atoms in total. The zero-order chi connectivity index (χ0) is 10.3. The van der Waals surface area contributed by atoms with Gasteiger partial charge in [-0.3, -0.25) is 4.68 Å². The molecular formula is C10H14N2O2. The second kappa shape index (κ2) is 3.12. The zero-order valence-electron chi connectivity index (χ0n) is 8.40. The first kappa shape index (κ1) is 9.24. The highest BCUT2D eigenvalue weighted by molar-refractivity contribution is 5.89. The van der Waals surface area contributed by atoms with E-state index >= 15 is 0 Å². The molecule has 0 atom stereocenters. The number of aromatic carboxylic acids is 1. The lowest BCUT2D eigenvalue weighted by Gasteiger charge is -2.02. The van der Waals surface area contributed by atoms with Gasteiger partial charge in [-0.15, -0.1) is 0 Å². The van der Waals surface area contributed by atoms with Crippen LogP contribution in [-0.4, -0.2) is 20.9 Å². The summed E-state index contributed by atoms with van der Waals surface area (Å²) in [5.41, 5.74) is 1.15. The van der Waals surface area contributed by atoms with Crippen LogP contribution in [0.3, 0.4) is 0 Å². The smallest absolute Gasteiger partial charge is 0.339 e. The maximum absolute atomic E-state index is 10.9. The molecule has 0 unspecified atom stereocenters. The molecule has 0 radical (unpaired) electrons. The Morgan fingerprint density at radius 3 is 2.71 bits per heavy atom. The van der Waals surface area contributed by atoms with Crippen molar-refractivity contribution in [1.82, 2.24) is 9.78 Å². The summed E-state index contributed by atoms with van der Waals surface area (Å²) in [7, 11) is 0. The molecule has 14 heavy (non-hydrogen) atoms. The van der Waals surface area contributed by atoms with E-state index in [-0.39, 0.29) is 6.04 Å². The van der Waals surface area contributed by atoms with Gasteiger partial charge in [0.05, 0.1) is 5.69 Å². The van der Waals surface area contributed by atoms with E-state index in [1.165, 1.54) is 0 Å². The van der Waals surface area contributed by atoms with Gasteiger partial charge in [-0.05, 0) is 26.7 Å². The highest BCUT2D eigenvalue weighted by atomic mass is 16.4. The molecule has 1 aromatic rings. The second-order valence-corrected chi connectivity index (χ2v) is 4.08. The number of carbonyl (C=O) groups is 1. The Bertz CT molecular complexity index is 364. The molecule has 0 saturated heterocycles. The van der Waals surface area contributed by atoms with Crippen LogP contribution in [0.4, 0.5) is 0 Å². The molecule has 0 spiro atoms. The first-order valence-electron chi connectivity index (χ1n) is 4.92. The fourth-order valence-corrected chi connectivity index (χ4v) is 1.49. The van der Waals surface area contributed by atoms with Crippen molar-refractivity contribution in [3.63, 3.8) is 0 Å². The predicted molar refractivity (Wildman–Crippen MR) is 51.5 cm³/mol. The van der Waals surface area contributed by atoms with Crippen LogP contribution in [0.5, 0.6) is 0 Å².